The Bertz CT molecular complexity index is 812. The molecular formula is C19H19NO2. The van der Waals surface area contributed by atoms with Crippen LogP contribution < -0.4 is 4.74 Å². The number of ether oxygens (including phenoxy) is 1. The number of hydrogen-bond acceptors (Lipinski definition) is 2. The van der Waals surface area contributed by atoms with E-state index in [1.54, 1.807) is 6.92 Å². The van der Waals surface area contributed by atoms with E-state index in [0.717, 1.165) is 28.9 Å². The molecule has 2 aromatic carbocycles. The molecule has 0 aliphatic rings. The van der Waals surface area contributed by atoms with Gasteiger partial charge >= 0.3 is 0 Å². The van der Waals surface area contributed by atoms with Crippen LogP contribution in [0.25, 0.3) is 10.8 Å². The lowest BCUT2D eigenvalue weighted by Crippen LogP contribution is -2.09. The van der Waals surface area contributed by atoms with Gasteiger partial charge in [0.1, 0.15) is 12.4 Å². The highest BCUT2D eigenvalue weighted by Crippen LogP contribution is 2.25. The van der Waals surface area contributed by atoms with Crippen molar-refractivity contribution >= 4 is 16.6 Å². The number of fused-ring (bicyclic) bond motifs is 1. The van der Waals surface area contributed by atoms with Crippen LogP contribution in [-0.4, -0.2) is 17.0 Å². The number of Topliss-reactive ketones (excluding diaryl/α,β-unsaturated/α-hetero) is 1. The topological polar surface area (TPSA) is 31.2 Å². The fourth-order valence-corrected chi connectivity index (χ4v) is 2.74. The van der Waals surface area contributed by atoms with Crippen molar-refractivity contribution in [3.8, 4) is 5.75 Å². The maximum atomic E-state index is 11.5. The summed E-state index contributed by atoms with van der Waals surface area (Å²) in [5, 5.41) is 2.30. The van der Waals surface area contributed by atoms with Crippen LogP contribution in [0.5, 0.6) is 5.75 Å². The summed E-state index contributed by atoms with van der Waals surface area (Å²) in [6.45, 7) is 4.86. The van der Waals surface area contributed by atoms with Crippen molar-refractivity contribution in [1.29, 1.82) is 0 Å². The van der Waals surface area contributed by atoms with E-state index < -0.39 is 0 Å². The molecular weight excluding hydrogens is 274 g/mol. The molecule has 0 bridgehead atoms. The second-order valence-corrected chi connectivity index (χ2v) is 5.39. The van der Waals surface area contributed by atoms with Gasteiger partial charge in [-0.25, -0.2) is 0 Å². The first-order valence-electron chi connectivity index (χ1n) is 7.44. The molecule has 1 heterocycles. The van der Waals surface area contributed by atoms with Gasteiger partial charge in [-0.3, -0.25) is 4.79 Å². The monoisotopic (exact) mass is 293 g/mol. The molecule has 0 radical (unpaired) electrons. The van der Waals surface area contributed by atoms with Crippen LogP contribution in [0.15, 0.2) is 54.7 Å². The van der Waals surface area contributed by atoms with Gasteiger partial charge in [0.15, 0.2) is 5.78 Å². The molecule has 22 heavy (non-hydrogen) atoms. The standard InChI is InChI=1S/C19H19NO2/c1-14-17(15(2)21)10-11-20(14)12-13-22-19-9-5-7-16-6-3-4-8-18(16)19/h3-11H,12-13H2,1-2H3. The number of carbonyl (C=O) groups is 1. The Morgan fingerprint density at radius 1 is 1.09 bits per heavy atom. The second-order valence-electron chi connectivity index (χ2n) is 5.39. The molecule has 3 aromatic rings. The smallest absolute Gasteiger partial charge is 0.161 e. The molecule has 0 saturated carbocycles. The third-order valence-electron chi connectivity index (χ3n) is 3.96. The van der Waals surface area contributed by atoms with E-state index >= 15 is 0 Å². The Labute approximate surface area is 130 Å². The summed E-state index contributed by atoms with van der Waals surface area (Å²) in [4.78, 5) is 11.5. The van der Waals surface area contributed by atoms with E-state index in [4.69, 9.17) is 4.74 Å². The van der Waals surface area contributed by atoms with E-state index in [1.165, 1.54) is 5.39 Å². The Balaban J connectivity index is 1.71. The van der Waals surface area contributed by atoms with Crippen LogP contribution in [0.1, 0.15) is 23.0 Å². The minimum Gasteiger partial charge on any atom is -0.491 e. The second kappa shape index (κ2) is 6.06. The van der Waals surface area contributed by atoms with Crippen molar-refractivity contribution in [3.63, 3.8) is 0 Å². The lowest BCUT2D eigenvalue weighted by molar-refractivity contribution is 0.101. The van der Waals surface area contributed by atoms with Gasteiger partial charge in [-0.2, -0.15) is 0 Å². The highest BCUT2D eigenvalue weighted by Gasteiger charge is 2.08. The van der Waals surface area contributed by atoms with E-state index in [-0.39, 0.29) is 5.78 Å². The van der Waals surface area contributed by atoms with Gasteiger partial charge in [0.2, 0.25) is 0 Å². The number of aromatic nitrogens is 1. The van der Waals surface area contributed by atoms with E-state index in [2.05, 4.69) is 22.8 Å². The fourth-order valence-electron chi connectivity index (χ4n) is 2.74. The minimum atomic E-state index is 0.103. The average molecular weight is 293 g/mol. The van der Waals surface area contributed by atoms with Gasteiger partial charge in [-0.15, -0.1) is 0 Å². The first-order valence-corrected chi connectivity index (χ1v) is 7.44. The van der Waals surface area contributed by atoms with Crippen molar-refractivity contribution in [2.24, 2.45) is 0 Å². The maximum absolute atomic E-state index is 11.5. The Morgan fingerprint density at radius 3 is 2.64 bits per heavy atom. The molecule has 0 saturated heterocycles. The molecule has 0 spiro atoms. The highest BCUT2D eigenvalue weighted by atomic mass is 16.5. The number of rotatable bonds is 5. The van der Waals surface area contributed by atoms with Gasteiger partial charge < -0.3 is 9.30 Å². The summed E-state index contributed by atoms with van der Waals surface area (Å²) in [6, 6.07) is 16.1. The van der Waals surface area contributed by atoms with E-state index in [1.807, 2.05) is 43.5 Å². The minimum absolute atomic E-state index is 0.103. The highest BCUT2D eigenvalue weighted by molar-refractivity contribution is 5.95. The maximum Gasteiger partial charge on any atom is 0.161 e. The molecule has 3 heteroatoms. The van der Waals surface area contributed by atoms with Gasteiger partial charge in [0, 0.05) is 22.8 Å². The summed E-state index contributed by atoms with van der Waals surface area (Å²) in [5.74, 6) is 1.00. The molecule has 0 fully saturated rings. The van der Waals surface area contributed by atoms with Gasteiger partial charge in [0.25, 0.3) is 0 Å². The third-order valence-corrected chi connectivity index (χ3v) is 3.96. The van der Waals surface area contributed by atoms with Crippen molar-refractivity contribution in [3.05, 3.63) is 66.0 Å². The zero-order valence-electron chi connectivity index (χ0n) is 12.9. The van der Waals surface area contributed by atoms with E-state index in [9.17, 15) is 4.79 Å². The van der Waals surface area contributed by atoms with Crippen LogP contribution in [0, 0.1) is 6.92 Å². The SMILES string of the molecule is CC(=O)c1ccn(CCOc2cccc3ccccc23)c1C. The number of nitrogens with zero attached hydrogens (tertiary/aromatic N) is 1. The zero-order valence-corrected chi connectivity index (χ0v) is 12.9. The Kier molecular flexibility index (Phi) is 3.96. The Hall–Kier alpha value is -2.55. The molecule has 0 aliphatic carbocycles. The summed E-state index contributed by atoms with van der Waals surface area (Å²) < 4.78 is 8.00. The van der Waals surface area contributed by atoms with Crippen molar-refractivity contribution in [2.45, 2.75) is 20.4 Å². The first-order chi connectivity index (χ1) is 10.7. The normalized spacial score (nSPS) is 10.8. The molecule has 0 unspecified atom stereocenters. The van der Waals surface area contributed by atoms with Crippen LogP contribution in [0.4, 0.5) is 0 Å². The van der Waals surface area contributed by atoms with Crippen molar-refractivity contribution < 1.29 is 9.53 Å². The molecule has 3 nitrogen and oxygen atoms in total. The van der Waals surface area contributed by atoms with Crippen molar-refractivity contribution in [1.82, 2.24) is 4.57 Å². The molecule has 0 aliphatic heterocycles. The lowest BCUT2D eigenvalue weighted by atomic mass is 10.1. The third kappa shape index (κ3) is 2.75. The predicted molar refractivity (Wildman–Crippen MR) is 88.6 cm³/mol. The van der Waals surface area contributed by atoms with Gasteiger partial charge in [-0.1, -0.05) is 36.4 Å². The lowest BCUT2D eigenvalue weighted by Gasteiger charge is -2.11. The summed E-state index contributed by atoms with van der Waals surface area (Å²) in [7, 11) is 0. The summed E-state index contributed by atoms with van der Waals surface area (Å²) in [5.41, 5.74) is 1.78. The molecule has 112 valence electrons. The number of ketones is 1. The van der Waals surface area contributed by atoms with E-state index in [0.29, 0.717) is 6.61 Å². The molecule has 1 aromatic heterocycles. The summed E-state index contributed by atoms with van der Waals surface area (Å²) in [6.07, 6.45) is 1.94. The molecule has 0 amide bonds. The van der Waals surface area contributed by atoms with Crippen LogP contribution in [0.2, 0.25) is 0 Å². The average Bonchev–Trinajstić information content (AvgIpc) is 2.89. The van der Waals surface area contributed by atoms with Crippen molar-refractivity contribution in [2.75, 3.05) is 6.61 Å². The van der Waals surface area contributed by atoms with Gasteiger partial charge in [0.05, 0.1) is 6.54 Å². The first kappa shape index (κ1) is 14.4. The molecule has 0 N–H and O–H groups in total. The van der Waals surface area contributed by atoms with Gasteiger partial charge in [-0.05, 0) is 31.4 Å². The molecule has 3 rings (SSSR count). The molecule has 0 atom stereocenters. The van der Waals surface area contributed by atoms with Crippen LogP contribution >= 0.6 is 0 Å². The van der Waals surface area contributed by atoms with Crippen LogP contribution in [-0.2, 0) is 6.54 Å². The summed E-state index contributed by atoms with van der Waals surface area (Å²) >= 11 is 0. The zero-order chi connectivity index (χ0) is 15.5. The number of hydrogen-bond donors (Lipinski definition) is 0. The predicted octanol–water partition coefficient (Wildman–Crippen LogP) is 4.23. The number of benzene rings is 2. The fraction of sp³-hybridized carbons (Fsp3) is 0.211. The largest absolute Gasteiger partial charge is 0.491 e. The van der Waals surface area contributed by atoms with Crippen LogP contribution in [0.3, 0.4) is 0 Å². The Morgan fingerprint density at radius 2 is 1.86 bits per heavy atom. The quantitative estimate of drug-likeness (QED) is 0.659. The number of carbonyl (C=O) groups excluding carboxylic acids is 1.